The van der Waals surface area contributed by atoms with E-state index in [1.807, 2.05) is 0 Å². The van der Waals surface area contributed by atoms with Crippen LogP contribution in [-0.4, -0.2) is 42.0 Å². The van der Waals surface area contributed by atoms with E-state index >= 15 is 0 Å². The number of carbonyl (C=O) groups is 1. The van der Waals surface area contributed by atoms with E-state index in [1.54, 1.807) is 13.0 Å². The second-order valence-electron chi connectivity index (χ2n) is 4.92. The van der Waals surface area contributed by atoms with Crippen LogP contribution in [-0.2, 0) is 9.84 Å². The highest BCUT2D eigenvalue weighted by Crippen LogP contribution is 2.17. The van der Waals surface area contributed by atoms with Gasteiger partial charge in [0.15, 0.2) is 9.84 Å². The first kappa shape index (κ1) is 13.0. The van der Waals surface area contributed by atoms with Crippen LogP contribution in [0.3, 0.4) is 0 Å². The number of pyridine rings is 1. The van der Waals surface area contributed by atoms with Crippen molar-refractivity contribution in [1.29, 1.82) is 0 Å². The largest absolute Gasteiger partial charge is 0.348 e. The van der Waals surface area contributed by atoms with E-state index in [-0.39, 0.29) is 23.5 Å². The Morgan fingerprint density at radius 2 is 2.30 bits per heavy atom. The number of sulfone groups is 1. The molecule has 0 aliphatic carbocycles. The van der Waals surface area contributed by atoms with Crippen molar-refractivity contribution in [1.82, 2.24) is 15.5 Å². The SMILES string of the molecule is Cc1noc2ncc(C(=O)N[C@H]3CCS(=O)(=O)C3)cc12. The molecule has 0 aromatic carbocycles. The Kier molecular flexibility index (Phi) is 2.97. The summed E-state index contributed by atoms with van der Waals surface area (Å²) < 4.78 is 27.7. The number of nitrogens with one attached hydrogen (secondary N) is 1. The number of hydrogen-bond acceptors (Lipinski definition) is 6. The summed E-state index contributed by atoms with van der Waals surface area (Å²) in [5.74, 6) is -0.206. The first-order valence-corrected chi connectivity index (χ1v) is 8.00. The maximum Gasteiger partial charge on any atom is 0.257 e. The van der Waals surface area contributed by atoms with Crippen molar-refractivity contribution in [2.24, 2.45) is 0 Å². The summed E-state index contributed by atoms with van der Waals surface area (Å²) in [5.41, 5.74) is 1.40. The van der Waals surface area contributed by atoms with Gasteiger partial charge in [0.25, 0.3) is 11.6 Å². The molecule has 0 bridgehead atoms. The Hall–Kier alpha value is -1.96. The molecule has 0 radical (unpaired) electrons. The van der Waals surface area contributed by atoms with Crippen molar-refractivity contribution in [3.63, 3.8) is 0 Å². The van der Waals surface area contributed by atoms with E-state index in [2.05, 4.69) is 15.5 Å². The molecular weight excluding hydrogens is 282 g/mol. The molecule has 2 aromatic heterocycles. The Bertz CT molecular complexity index is 781. The van der Waals surface area contributed by atoms with Crippen LogP contribution in [0.5, 0.6) is 0 Å². The summed E-state index contributed by atoms with van der Waals surface area (Å²) in [6.07, 6.45) is 1.85. The van der Waals surface area contributed by atoms with Crippen LogP contribution in [0.15, 0.2) is 16.8 Å². The zero-order valence-electron chi connectivity index (χ0n) is 10.8. The molecule has 1 N–H and O–H groups in total. The third-order valence-corrected chi connectivity index (χ3v) is 5.11. The molecule has 8 heteroatoms. The smallest absolute Gasteiger partial charge is 0.257 e. The molecule has 1 fully saturated rings. The molecular formula is C12H13N3O4S. The Morgan fingerprint density at radius 1 is 1.50 bits per heavy atom. The van der Waals surface area contributed by atoms with Gasteiger partial charge in [0.1, 0.15) is 0 Å². The summed E-state index contributed by atoms with van der Waals surface area (Å²) in [6, 6.07) is 1.32. The lowest BCUT2D eigenvalue weighted by molar-refractivity contribution is 0.0941. The minimum atomic E-state index is -3.01. The fourth-order valence-electron chi connectivity index (χ4n) is 2.25. The zero-order chi connectivity index (χ0) is 14.3. The number of carbonyl (C=O) groups excluding carboxylic acids is 1. The highest BCUT2D eigenvalue weighted by molar-refractivity contribution is 7.91. The van der Waals surface area contributed by atoms with Crippen LogP contribution in [0.4, 0.5) is 0 Å². The van der Waals surface area contributed by atoms with Crippen LogP contribution in [0.1, 0.15) is 22.5 Å². The van der Waals surface area contributed by atoms with E-state index in [0.29, 0.717) is 28.8 Å². The van der Waals surface area contributed by atoms with E-state index in [9.17, 15) is 13.2 Å². The van der Waals surface area contributed by atoms with Gasteiger partial charge in [-0.3, -0.25) is 4.79 Å². The van der Waals surface area contributed by atoms with Crippen molar-refractivity contribution in [2.75, 3.05) is 11.5 Å². The highest BCUT2D eigenvalue weighted by atomic mass is 32.2. The summed E-state index contributed by atoms with van der Waals surface area (Å²) in [5, 5.41) is 7.17. The maximum atomic E-state index is 12.1. The standard InChI is InChI=1S/C12H13N3O4S/c1-7-10-4-8(5-13-12(10)19-15-7)11(16)14-9-2-3-20(17,18)6-9/h4-5,9H,2-3,6H2,1H3,(H,14,16)/t9-/m0/s1. The number of hydrogen-bond donors (Lipinski definition) is 1. The van der Waals surface area contributed by atoms with Gasteiger partial charge in [-0.1, -0.05) is 5.16 Å². The average molecular weight is 295 g/mol. The van der Waals surface area contributed by atoms with Crippen molar-refractivity contribution in [2.45, 2.75) is 19.4 Å². The van der Waals surface area contributed by atoms with Crippen LogP contribution < -0.4 is 5.32 Å². The predicted molar refractivity (Wildman–Crippen MR) is 71.1 cm³/mol. The molecule has 7 nitrogen and oxygen atoms in total. The lowest BCUT2D eigenvalue weighted by atomic mass is 10.2. The lowest BCUT2D eigenvalue weighted by Gasteiger charge is -2.10. The third-order valence-electron chi connectivity index (χ3n) is 3.34. The number of aromatic nitrogens is 2. The van der Waals surface area contributed by atoms with Crippen LogP contribution >= 0.6 is 0 Å². The van der Waals surface area contributed by atoms with Crippen molar-refractivity contribution in [3.8, 4) is 0 Å². The van der Waals surface area contributed by atoms with E-state index in [4.69, 9.17) is 4.52 Å². The summed E-state index contributed by atoms with van der Waals surface area (Å²) in [4.78, 5) is 16.1. The normalized spacial score (nSPS) is 21.1. The Balaban J connectivity index is 1.80. The predicted octanol–water partition coefficient (Wildman–Crippen LogP) is 0.448. The van der Waals surface area contributed by atoms with Crippen molar-refractivity contribution < 1.29 is 17.7 Å². The maximum absolute atomic E-state index is 12.1. The summed E-state index contributed by atoms with van der Waals surface area (Å²) in [7, 11) is -3.01. The molecule has 0 spiro atoms. The number of fused-ring (bicyclic) bond motifs is 1. The monoisotopic (exact) mass is 295 g/mol. The van der Waals surface area contributed by atoms with Crippen molar-refractivity contribution in [3.05, 3.63) is 23.5 Å². The first-order valence-electron chi connectivity index (χ1n) is 6.18. The number of nitrogens with zero attached hydrogens (tertiary/aromatic N) is 2. The number of aryl methyl sites for hydroxylation is 1. The summed E-state index contributed by atoms with van der Waals surface area (Å²) in [6.45, 7) is 1.76. The molecule has 1 aliphatic rings. The second-order valence-corrected chi connectivity index (χ2v) is 7.15. The zero-order valence-corrected chi connectivity index (χ0v) is 11.6. The molecule has 1 amide bonds. The Labute approximate surface area is 115 Å². The van der Waals surface area contributed by atoms with Gasteiger partial charge in [-0.2, -0.15) is 0 Å². The van der Waals surface area contributed by atoms with Gasteiger partial charge in [-0.05, 0) is 19.4 Å². The fourth-order valence-corrected chi connectivity index (χ4v) is 3.92. The lowest BCUT2D eigenvalue weighted by Crippen LogP contribution is -2.35. The van der Waals surface area contributed by atoms with Crippen LogP contribution in [0.2, 0.25) is 0 Å². The third kappa shape index (κ3) is 2.38. The first-order chi connectivity index (χ1) is 9.44. The quantitative estimate of drug-likeness (QED) is 0.863. The highest BCUT2D eigenvalue weighted by Gasteiger charge is 2.29. The molecule has 1 atom stereocenters. The number of rotatable bonds is 2. The molecule has 20 heavy (non-hydrogen) atoms. The van der Waals surface area contributed by atoms with Crippen LogP contribution in [0, 0.1) is 6.92 Å². The molecule has 3 heterocycles. The topological polar surface area (TPSA) is 102 Å². The van der Waals surface area contributed by atoms with Gasteiger partial charge >= 0.3 is 0 Å². The minimum absolute atomic E-state index is 0.000701. The second kappa shape index (κ2) is 4.55. The van der Waals surface area contributed by atoms with Gasteiger partial charge in [-0.15, -0.1) is 0 Å². The molecule has 0 unspecified atom stereocenters. The summed E-state index contributed by atoms with van der Waals surface area (Å²) >= 11 is 0. The molecule has 1 saturated heterocycles. The van der Waals surface area contributed by atoms with E-state index in [1.165, 1.54) is 6.20 Å². The van der Waals surface area contributed by atoms with E-state index in [0.717, 1.165) is 0 Å². The van der Waals surface area contributed by atoms with Gasteiger partial charge in [-0.25, -0.2) is 13.4 Å². The molecule has 1 aliphatic heterocycles. The van der Waals surface area contributed by atoms with E-state index < -0.39 is 9.84 Å². The van der Waals surface area contributed by atoms with Crippen molar-refractivity contribution >= 4 is 26.8 Å². The van der Waals surface area contributed by atoms with Gasteiger partial charge in [0.2, 0.25) is 0 Å². The van der Waals surface area contributed by atoms with Crippen LogP contribution in [0.25, 0.3) is 11.1 Å². The molecule has 0 saturated carbocycles. The molecule has 3 rings (SSSR count). The Morgan fingerprint density at radius 3 is 3.00 bits per heavy atom. The van der Waals surface area contributed by atoms with Gasteiger partial charge in [0, 0.05) is 12.2 Å². The fraction of sp³-hybridized carbons (Fsp3) is 0.417. The minimum Gasteiger partial charge on any atom is -0.348 e. The average Bonchev–Trinajstić information content (AvgIpc) is 2.93. The van der Waals surface area contributed by atoms with Gasteiger partial charge in [0.05, 0.1) is 28.1 Å². The number of amides is 1. The molecule has 2 aromatic rings. The van der Waals surface area contributed by atoms with Gasteiger partial charge < -0.3 is 9.84 Å². The molecule has 106 valence electrons.